The molecule has 2 bridgehead atoms. The van der Waals surface area contributed by atoms with Crippen LogP contribution in [0.25, 0.3) is 0 Å². The van der Waals surface area contributed by atoms with E-state index in [4.69, 9.17) is 0 Å². The Morgan fingerprint density at radius 3 is 2.42 bits per heavy atom. The summed E-state index contributed by atoms with van der Waals surface area (Å²) in [6.45, 7) is 2.33. The minimum atomic E-state index is 1.05. The summed E-state index contributed by atoms with van der Waals surface area (Å²) >= 11 is 2.30. The maximum absolute atomic E-state index is 2.33. The Labute approximate surface area is 80.5 Å². The van der Waals surface area contributed by atoms with E-state index in [-0.39, 0.29) is 0 Å². The minimum Gasteiger partial charge on any atom is -0.155 e. The Morgan fingerprint density at radius 2 is 1.83 bits per heavy atom. The van der Waals surface area contributed by atoms with Crippen LogP contribution in [0.5, 0.6) is 0 Å². The van der Waals surface area contributed by atoms with Gasteiger partial charge in [-0.1, -0.05) is 26.2 Å². The van der Waals surface area contributed by atoms with Gasteiger partial charge in [-0.2, -0.15) is 11.8 Å². The molecule has 0 amide bonds. The summed E-state index contributed by atoms with van der Waals surface area (Å²) in [5.41, 5.74) is 0. The van der Waals surface area contributed by atoms with Gasteiger partial charge in [0.05, 0.1) is 0 Å². The van der Waals surface area contributed by atoms with Gasteiger partial charge in [-0.15, -0.1) is 0 Å². The predicted molar refractivity (Wildman–Crippen MR) is 56.7 cm³/mol. The molecular formula is C11H20S. The van der Waals surface area contributed by atoms with Crippen molar-refractivity contribution < 1.29 is 0 Å². The van der Waals surface area contributed by atoms with E-state index >= 15 is 0 Å². The van der Waals surface area contributed by atoms with Crippen LogP contribution in [0.4, 0.5) is 0 Å². The normalized spacial score (nSPS) is 41.2. The van der Waals surface area contributed by atoms with E-state index in [0.717, 1.165) is 16.4 Å². The maximum Gasteiger partial charge on any atom is 0.00524 e. The Kier molecular flexibility index (Phi) is 3.00. The van der Waals surface area contributed by atoms with Gasteiger partial charge in [0.2, 0.25) is 0 Å². The molecule has 0 aromatic rings. The van der Waals surface area contributed by atoms with Gasteiger partial charge in [0.15, 0.2) is 0 Å². The highest BCUT2D eigenvalue weighted by molar-refractivity contribution is 8.00. The largest absolute Gasteiger partial charge is 0.155 e. The third-order valence-electron chi connectivity index (χ3n) is 3.33. The Morgan fingerprint density at radius 1 is 1.17 bits per heavy atom. The van der Waals surface area contributed by atoms with Crippen LogP contribution in [0.15, 0.2) is 0 Å². The average molecular weight is 184 g/mol. The Balaban J connectivity index is 1.87. The molecule has 2 atom stereocenters. The van der Waals surface area contributed by atoms with Crippen molar-refractivity contribution in [3.63, 3.8) is 0 Å². The summed E-state index contributed by atoms with van der Waals surface area (Å²) in [6, 6.07) is 0. The maximum atomic E-state index is 2.33. The highest BCUT2D eigenvalue weighted by Crippen LogP contribution is 2.44. The predicted octanol–water partition coefficient (Wildman–Crippen LogP) is 3.85. The zero-order valence-electron chi connectivity index (χ0n) is 8.09. The number of rotatable bonds is 2. The van der Waals surface area contributed by atoms with Crippen LogP contribution in [0.2, 0.25) is 0 Å². The SMILES string of the molecule is CCCC1CC2CCCC(C1)S2. The van der Waals surface area contributed by atoms with E-state index in [0.29, 0.717) is 0 Å². The van der Waals surface area contributed by atoms with Gasteiger partial charge in [0, 0.05) is 10.5 Å². The molecule has 0 aromatic heterocycles. The third-order valence-corrected chi connectivity index (χ3v) is 4.95. The van der Waals surface area contributed by atoms with Gasteiger partial charge in [-0.3, -0.25) is 0 Å². The van der Waals surface area contributed by atoms with Crippen molar-refractivity contribution in [2.45, 2.75) is 62.4 Å². The first-order chi connectivity index (χ1) is 5.88. The van der Waals surface area contributed by atoms with Crippen LogP contribution in [-0.2, 0) is 0 Å². The van der Waals surface area contributed by atoms with Crippen LogP contribution in [0, 0.1) is 5.92 Å². The van der Waals surface area contributed by atoms with Gasteiger partial charge >= 0.3 is 0 Å². The van der Waals surface area contributed by atoms with Crippen molar-refractivity contribution in [1.29, 1.82) is 0 Å². The molecule has 2 saturated heterocycles. The molecule has 12 heavy (non-hydrogen) atoms. The number of hydrogen-bond donors (Lipinski definition) is 0. The molecule has 0 spiro atoms. The molecule has 2 heterocycles. The first-order valence-electron chi connectivity index (χ1n) is 5.54. The van der Waals surface area contributed by atoms with Crippen molar-refractivity contribution in [3.8, 4) is 0 Å². The lowest BCUT2D eigenvalue weighted by Gasteiger charge is -2.38. The van der Waals surface area contributed by atoms with Crippen LogP contribution in [0.3, 0.4) is 0 Å². The van der Waals surface area contributed by atoms with Crippen LogP contribution < -0.4 is 0 Å². The number of thioether (sulfide) groups is 1. The molecule has 2 fully saturated rings. The van der Waals surface area contributed by atoms with Crippen molar-refractivity contribution in [3.05, 3.63) is 0 Å². The van der Waals surface area contributed by atoms with Gasteiger partial charge in [-0.05, 0) is 31.6 Å². The second-order valence-electron chi connectivity index (χ2n) is 4.44. The molecule has 0 radical (unpaired) electrons. The van der Waals surface area contributed by atoms with Crippen LogP contribution >= 0.6 is 11.8 Å². The molecule has 0 saturated carbocycles. The summed E-state index contributed by atoms with van der Waals surface area (Å²) in [5.74, 6) is 1.09. The molecule has 0 aromatic carbocycles. The van der Waals surface area contributed by atoms with Gasteiger partial charge in [0.25, 0.3) is 0 Å². The molecule has 0 N–H and O–H groups in total. The number of fused-ring (bicyclic) bond motifs is 2. The fourth-order valence-corrected chi connectivity index (χ4v) is 4.73. The van der Waals surface area contributed by atoms with Crippen LogP contribution in [-0.4, -0.2) is 10.5 Å². The summed E-state index contributed by atoms with van der Waals surface area (Å²) in [5, 5.41) is 2.10. The molecule has 0 nitrogen and oxygen atoms in total. The summed E-state index contributed by atoms with van der Waals surface area (Å²) in [7, 11) is 0. The lowest BCUT2D eigenvalue weighted by atomic mass is 9.87. The quantitative estimate of drug-likeness (QED) is 0.628. The van der Waals surface area contributed by atoms with E-state index in [2.05, 4.69) is 18.7 Å². The monoisotopic (exact) mass is 184 g/mol. The zero-order chi connectivity index (χ0) is 8.39. The molecule has 1 heteroatoms. The molecular weight excluding hydrogens is 164 g/mol. The summed E-state index contributed by atoms with van der Waals surface area (Å²) in [4.78, 5) is 0. The van der Waals surface area contributed by atoms with Crippen molar-refractivity contribution >= 4 is 11.8 Å². The Hall–Kier alpha value is 0.350. The highest BCUT2D eigenvalue weighted by Gasteiger charge is 2.31. The van der Waals surface area contributed by atoms with Crippen molar-refractivity contribution in [1.82, 2.24) is 0 Å². The smallest absolute Gasteiger partial charge is 0.00524 e. The molecule has 0 aliphatic carbocycles. The second-order valence-corrected chi connectivity index (χ2v) is 6.04. The molecule has 2 aliphatic rings. The fraction of sp³-hybridized carbons (Fsp3) is 1.00. The lowest BCUT2D eigenvalue weighted by molar-refractivity contribution is 0.349. The topological polar surface area (TPSA) is 0 Å². The molecule has 2 aliphatic heterocycles. The van der Waals surface area contributed by atoms with Gasteiger partial charge < -0.3 is 0 Å². The van der Waals surface area contributed by atoms with Crippen molar-refractivity contribution in [2.75, 3.05) is 0 Å². The van der Waals surface area contributed by atoms with E-state index in [9.17, 15) is 0 Å². The average Bonchev–Trinajstić information content (AvgIpc) is 2.04. The molecule has 2 rings (SSSR count). The van der Waals surface area contributed by atoms with E-state index in [1.165, 1.54) is 44.9 Å². The Bertz CT molecular complexity index is 132. The van der Waals surface area contributed by atoms with Gasteiger partial charge in [-0.25, -0.2) is 0 Å². The minimum absolute atomic E-state index is 1.05. The standard InChI is InChI=1S/C11H20S/c1-2-4-9-7-10-5-3-6-11(8-9)12-10/h9-11H,2-8H2,1H3. The van der Waals surface area contributed by atoms with Crippen molar-refractivity contribution in [2.24, 2.45) is 5.92 Å². The number of hydrogen-bond acceptors (Lipinski definition) is 1. The third kappa shape index (κ3) is 1.99. The lowest BCUT2D eigenvalue weighted by Crippen LogP contribution is -2.28. The second kappa shape index (κ2) is 4.04. The zero-order valence-corrected chi connectivity index (χ0v) is 8.91. The highest BCUT2D eigenvalue weighted by atomic mass is 32.2. The first-order valence-corrected chi connectivity index (χ1v) is 6.48. The first kappa shape index (κ1) is 8.93. The van der Waals surface area contributed by atoms with Gasteiger partial charge in [0.1, 0.15) is 0 Å². The molecule has 2 unspecified atom stereocenters. The van der Waals surface area contributed by atoms with E-state index < -0.39 is 0 Å². The van der Waals surface area contributed by atoms with E-state index in [1.54, 1.807) is 0 Å². The molecule has 70 valence electrons. The fourth-order valence-electron chi connectivity index (χ4n) is 2.81. The summed E-state index contributed by atoms with van der Waals surface area (Å²) < 4.78 is 0. The summed E-state index contributed by atoms with van der Waals surface area (Å²) in [6.07, 6.45) is 10.5. The van der Waals surface area contributed by atoms with Crippen LogP contribution in [0.1, 0.15) is 51.9 Å². The van der Waals surface area contributed by atoms with E-state index in [1.807, 2.05) is 0 Å².